The molecule has 0 spiro atoms. The molecule has 0 aromatic heterocycles. The largest absolute Gasteiger partial charge is 0.0622 e. The molecule has 0 aliphatic carbocycles. The monoisotopic (exact) mass is 380 g/mol. The summed E-state index contributed by atoms with van der Waals surface area (Å²) in [5.41, 5.74) is 3.24. The van der Waals surface area contributed by atoms with Crippen LogP contribution in [0.1, 0.15) is 24.0 Å². The molecule has 0 amide bonds. The number of hydrogen-bond donors (Lipinski definition) is 0. The van der Waals surface area contributed by atoms with E-state index in [4.69, 9.17) is 0 Å². The lowest BCUT2D eigenvalue weighted by molar-refractivity contribution is 0.789. The minimum absolute atomic E-state index is 0.355. The summed E-state index contributed by atoms with van der Waals surface area (Å²) >= 11 is 0. The van der Waals surface area contributed by atoms with E-state index in [0.29, 0.717) is 11.6 Å². The molecule has 0 heterocycles. The van der Waals surface area contributed by atoms with Gasteiger partial charge in [-0.3, -0.25) is 0 Å². The third-order valence-corrected chi connectivity index (χ3v) is 8.10. The van der Waals surface area contributed by atoms with Crippen molar-refractivity contribution in [2.24, 2.45) is 0 Å². The van der Waals surface area contributed by atoms with E-state index < -0.39 is 7.92 Å². The van der Waals surface area contributed by atoms with Gasteiger partial charge in [0.05, 0.1) is 0 Å². The van der Waals surface area contributed by atoms with Crippen LogP contribution in [0.15, 0.2) is 121 Å². The van der Waals surface area contributed by atoms with Gasteiger partial charge >= 0.3 is 0 Å². The van der Waals surface area contributed by atoms with Gasteiger partial charge in [0.2, 0.25) is 0 Å². The summed E-state index contributed by atoms with van der Waals surface area (Å²) in [7, 11) is -0.499. The Labute approximate surface area is 169 Å². The molecule has 1 atom stereocenters. The Hall–Kier alpha value is -2.69. The van der Waals surface area contributed by atoms with Crippen LogP contribution in [0.4, 0.5) is 0 Å². The van der Waals surface area contributed by atoms with E-state index in [1.807, 2.05) is 0 Å². The van der Waals surface area contributed by atoms with E-state index >= 15 is 0 Å². The average molecular weight is 380 g/mol. The van der Waals surface area contributed by atoms with Gasteiger partial charge in [-0.2, -0.15) is 0 Å². The first-order chi connectivity index (χ1) is 13.8. The van der Waals surface area contributed by atoms with Gasteiger partial charge < -0.3 is 0 Å². The molecule has 0 N–H and O–H groups in total. The fraction of sp³-hybridized carbons (Fsp3) is 0.111. The minimum Gasteiger partial charge on any atom is -0.0622 e. The standard InChI is InChI=1S/C27H25P/c1-22(27(23-14-6-2-7-15-23)24-16-8-3-9-17-24)28(25-18-10-4-11-19-25)26-20-12-5-13-21-26/h2-22,27H,1H3. The smallest absolute Gasteiger partial charge is 0.0160 e. The van der Waals surface area contributed by atoms with Crippen molar-refractivity contribution in [1.82, 2.24) is 0 Å². The van der Waals surface area contributed by atoms with Crippen molar-refractivity contribution >= 4 is 18.5 Å². The van der Waals surface area contributed by atoms with Crippen LogP contribution >= 0.6 is 7.92 Å². The summed E-state index contributed by atoms with van der Waals surface area (Å²) in [6, 6.07) is 44.0. The van der Waals surface area contributed by atoms with Gasteiger partial charge in [0.1, 0.15) is 0 Å². The average Bonchev–Trinajstić information content (AvgIpc) is 2.77. The number of hydrogen-bond acceptors (Lipinski definition) is 0. The van der Waals surface area contributed by atoms with Gasteiger partial charge in [-0.15, -0.1) is 0 Å². The van der Waals surface area contributed by atoms with Crippen molar-refractivity contribution in [3.63, 3.8) is 0 Å². The minimum atomic E-state index is -0.499. The van der Waals surface area contributed by atoms with E-state index in [0.717, 1.165) is 0 Å². The topological polar surface area (TPSA) is 0 Å². The van der Waals surface area contributed by atoms with Crippen LogP contribution in [0.5, 0.6) is 0 Å². The molecule has 0 saturated carbocycles. The molecule has 0 nitrogen and oxygen atoms in total. The van der Waals surface area contributed by atoms with Gasteiger partial charge in [0, 0.05) is 5.92 Å². The number of rotatable bonds is 6. The Morgan fingerprint density at radius 2 is 0.786 bits per heavy atom. The zero-order valence-electron chi connectivity index (χ0n) is 16.1. The second-order valence-electron chi connectivity index (χ2n) is 7.08. The van der Waals surface area contributed by atoms with Crippen LogP contribution in [0.3, 0.4) is 0 Å². The van der Waals surface area contributed by atoms with Gasteiger partial charge in [0.15, 0.2) is 0 Å². The SMILES string of the molecule is CC(C(c1ccccc1)c1ccccc1)P(c1ccccc1)c1ccccc1. The molecule has 0 radical (unpaired) electrons. The van der Waals surface area contributed by atoms with Gasteiger partial charge in [-0.05, 0) is 35.3 Å². The Balaban J connectivity index is 1.84. The molecule has 1 unspecified atom stereocenters. The molecule has 0 saturated heterocycles. The highest BCUT2D eigenvalue weighted by atomic mass is 31.1. The van der Waals surface area contributed by atoms with Crippen molar-refractivity contribution < 1.29 is 0 Å². The first kappa shape index (κ1) is 18.7. The van der Waals surface area contributed by atoms with Gasteiger partial charge in [-0.1, -0.05) is 128 Å². The highest BCUT2D eigenvalue weighted by Crippen LogP contribution is 2.48. The molecule has 28 heavy (non-hydrogen) atoms. The van der Waals surface area contributed by atoms with Crippen LogP contribution in [-0.4, -0.2) is 5.66 Å². The summed E-state index contributed by atoms with van der Waals surface area (Å²) in [6.07, 6.45) is 0. The molecule has 0 bridgehead atoms. The Morgan fingerprint density at radius 1 is 0.464 bits per heavy atom. The third kappa shape index (κ3) is 4.08. The molecule has 138 valence electrons. The molecule has 4 aromatic carbocycles. The van der Waals surface area contributed by atoms with Crippen LogP contribution in [0.25, 0.3) is 0 Å². The summed E-state index contributed by atoms with van der Waals surface area (Å²) in [6.45, 7) is 2.43. The highest BCUT2D eigenvalue weighted by molar-refractivity contribution is 7.73. The lowest BCUT2D eigenvalue weighted by Gasteiger charge is -2.33. The van der Waals surface area contributed by atoms with Crippen LogP contribution in [-0.2, 0) is 0 Å². The molecule has 0 aliphatic heterocycles. The lowest BCUT2D eigenvalue weighted by atomic mass is 9.89. The quantitative estimate of drug-likeness (QED) is 0.342. The predicted molar refractivity (Wildman–Crippen MR) is 123 cm³/mol. The first-order valence-corrected chi connectivity index (χ1v) is 11.2. The van der Waals surface area contributed by atoms with E-state index in [1.165, 1.54) is 21.7 Å². The second kappa shape index (κ2) is 9.00. The molecule has 1 heteroatoms. The maximum atomic E-state index is 2.43. The molecular weight excluding hydrogens is 355 g/mol. The van der Waals surface area contributed by atoms with Crippen LogP contribution in [0, 0.1) is 0 Å². The summed E-state index contributed by atoms with van der Waals surface area (Å²) < 4.78 is 0. The molecule has 0 fully saturated rings. The van der Waals surface area contributed by atoms with E-state index in [-0.39, 0.29) is 0 Å². The van der Waals surface area contributed by atoms with Gasteiger partial charge in [0.25, 0.3) is 0 Å². The predicted octanol–water partition coefficient (Wildman–Crippen LogP) is 6.34. The van der Waals surface area contributed by atoms with Crippen molar-refractivity contribution in [2.45, 2.75) is 18.5 Å². The molecule has 4 aromatic rings. The van der Waals surface area contributed by atoms with Crippen molar-refractivity contribution in [3.8, 4) is 0 Å². The zero-order chi connectivity index (χ0) is 19.2. The molecule has 4 rings (SSSR count). The third-order valence-electron chi connectivity index (χ3n) is 5.28. The van der Waals surface area contributed by atoms with E-state index in [2.05, 4.69) is 128 Å². The number of benzene rings is 4. The zero-order valence-corrected chi connectivity index (χ0v) is 17.0. The molecular formula is C27H25P. The lowest BCUT2D eigenvalue weighted by Crippen LogP contribution is -2.25. The van der Waals surface area contributed by atoms with Crippen molar-refractivity contribution in [2.75, 3.05) is 0 Å². The van der Waals surface area contributed by atoms with Gasteiger partial charge in [-0.25, -0.2) is 0 Å². The van der Waals surface area contributed by atoms with Crippen LogP contribution < -0.4 is 10.6 Å². The Morgan fingerprint density at radius 3 is 1.14 bits per heavy atom. The van der Waals surface area contributed by atoms with Crippen molar-refractivity contribution in [3.05, 3.63) is 132 Å². The fourth-order valence-corrected chi connectivity index (χ4v) is 6.88. The van der Waals surface area contributed by atoms with E-state index in [9.17, 15) is 0 Å². The summed E-state index contributed by atoms with van der Waals surface area (Å²) in [5, 5.41) is 2.88. The maximum Gasteiger partial charge on any atom is 0.0160 e. The first-order valence-electron chi connectivity index (χ1n) is 9.84. The maximum absolute atomic E-state index is 2.43. The normalized spacial score (nSPS) is 12.2. The summed E-state index contributed by atoms with van der Waals surface area (Å²) in [5.74, 6) is 0.355. The Kier molecular flexibility index (Phi) is 6.00. The van der Waals surface area contributed by atoms with E-state index in [1.54, 1.807) is 0 Å². The Bertz CT molecular complexity index is 804. The summed E-state index contributed by atoms with van der Waals surface area (Å²) in [4.78, 5) is 0. The fourth-order valence-electron chi connectivity index (χ4n) is 4.02. The highest BCUT2D eigenvalue weighted by Gasteiger charge is 2.30. The second-order valence-corrected chi connectivity index (χ2v) is 9.67. The molecule has 0 aliphatic rings. The van der Waals surface area contributed by atoms with Crippen LogP contribution in [0.2, 0.25) is 0 Å². The van der Waals surface area contributed by atoms with Crippen molar-refractivity contribution in [1.29, 1.82) is 0 Å².